The molecule has 1 aliphatic rings. The number of hydrogen-bond acceptors (Lipinski definition) is 0. The van der Waals surface area contributed by atoms with E-state index in [1.807, 2.05) is 0 Å². The standard InChI is InChI=1S/C17H20N/c1-13-17(14-9-5-4-6-10-14)15-11-7-8-12-16(15)18(13,2)3/h4-13,17H,1-3H3/q+1. The molecule has 1 nitrogen and oxygen atoms in total. The highest BCUT2D eigenvalue weighted by Crippen LogP contribution is 2.46. The number of benzene rings is 2. The molecule has 2 atom stereocenters. The molecule has 0 saturated carbocycles. The van der Waals surface area contributed by atoms with E-state index >= 15 is 0 Å². The van der Waals surface area contributed by atoms with Crippen molar-refractivity contribution in [2.24, 2.45) is 0 Å². The molecular formula is C17H20N+. The van der Waals surface area contributed by atoms with Crippen molar-refractivity contribution in [1.82, 2.24) is 4.48 Å². The van der Waals surface area contributed by atoms with Crippen LogP contribution in [0.3, 0.4) is 0 Å². The van der Waals surface area contributed by atoms with Crippen LogP contribution in [0.2, 0.25) is 0 Å². The molecule has 18 heavy (non-hydrogen) atoms. The van der Waals surface area contributed by atoms with Gasteiger partial charge in [0.15, 0.2) is 0 Å². The molecule has 2 aromatic rings. The van der Waals surface area contributed by atoms with Gasteiger partial charge in [-0.05, 0) is 18.6 Å². The summed E-state index contributed by atoms with van der Waals surface area (Å²) in [5.74, 6) is 0.511. The Hall–Kier alpha value is -1.60. The highest BCUT2D eigenvalue weighted by molar-refractivity contribution is 5.60. The van der Waals surface area contributed by atoms with Crippen molar-refractivity contribution in [3.63, 3.8) is 0 Å². The molecule has 0 aliphatic carbocycles. The zero-order valence-corrected chi connectivity index (χ0v) is 11.3. The first-order chi connectivity index (χ1) is 8.62. The summed E-state index contributed by atoms with van der Waals surface area (Å²) in [6.45, 7) is 2.36. The third-order valence-corrected chi connectivity index (χ3v) is 4.55. The van der Waals surface area contributed by atoms with Gasteiger partial charge in [-0.3, -0.25) is 4.48 Å². The van der Waals surface area contributed by atoms with Gasteiger partial charge >= 0.3 is 0 Å². The first kappa shape index (κ1) is 11.5. The minimum atomic E-state index is 0.511. The van der Waals surface area contributed by atoms with E-state index in [1.54, 1.807) is 0 Å². The number of para-hydroxylation sites is 1. The lowest BCUT2D eigenvalue weighted by molar-refractivity contribution is 0.319. The lowest BCUT2D eigenvalue weighted by atomic mass is 9.88. The van der Waals surface area contributed by atoms with Crippen LogP contribution >= 0.6 is 0 Å². The number of nitrogens with zero attached hydrogens (tertiary/aromatic N) is 1. The van der Waals surface area contributed by atoms with Crippen molar-refractivity contribution >= 4 is 5.69 Å². The SMILES string of the molecule is CC1C(c2ccccc2)c2ccccc2[N+]1(C)C. The molecule has 1 aliphatic heterocycles. The summed E-state index contributed by atoms with van der Waals surface area (Å²) in [5.41, 5.74) is 4.38. The molecule has 0 radical (unpaired) electrons. The molecule has 3 rings (SSSR count). The van der Waals surface area contributed by atoms with Crippen LogP contribution in [-0.4, -0.2) is 20.1 Å². The maximum atomic E-state index is 2.36. The van der Waals surface area contributed by atoms with Crippen LogP contribution in [0.15, 0.2) is 54.6 Å². The van der Waals surface area contributed by atoms with Crippen molar-refractivity contribution < 1.29 is 0 Å². The molecule has 2 unspecified atom stereocenters. The molecule has 0 aromatic heterocycles. The predicted octanol–water partition coefficient (Wildman–Crippen LogP) is 3.79. The van der Waals surface area contributed by atoms with E-state index in [4.69, 9.17) is 0 Å². The molecule has 0 saturated heterocycles. The highest BCUT2D eigenvalue weighted by atomic mass is 15.4. The number of likely N-dealkylation sites (N-methyl/N-ethyl adjacent to an activating group) is 1. The molecule has 1 heteroatoms. The van der Waals surface area contributed by atoms with Crippen LogP contribution in [-0.2, 0) is 0 Å². The van der Waals surface area contributed by atoms with Crippen LogP contribution < -0.4 is 4.48 Å². The average Bonchev–Trinajstić information content (AvgIpc) is 2.60. The van der Waals surface area contributed by atoms with Crippen LogP contribution in [0.1, 0.15) is 24.0 Å². The number of hydrogen-bond donors (Lipinski definition) is 0. The van der Waals surface area contributed by atoms with E-state index in [1.165, 1.54) is 16.8 Å². The van der Waals surface area contributed by atoms with Gasteiger partial charge in [-0.2, -0.15) is 0 Å². The Morgan fingerprint density at radius 1 is 0.833 bits per heavy atom. The number of quaternary nitrogens is 1. The Kier molecular flexibility index (Phi) is 2.53. The lowest BCUT2D eigenvalue weighted by Gasteiger charge is -2.31. The largest absolute Gasteiger partial charge is 0.293 e. The molecule has 92 valence electrons. The smallest absolute Gasteiger partial charge is 0.136 e. The summed E-state index contributed by atoms with van der Waals surface area (Å²) in [6, 6.07) is 20.3. The Morgan fingerprint density at radius 3 is 2.17 bits per heavy atom. The fourth-order valence-corrected chi connectivity index (χ4v) is 3.25. The van der Waals surface area contributed by atoms with Gasteiger partial charge in [-0.25, -0.2) is 0 Å². The topological polar surface area (TPSA) is 0 Å². The third kappa shape index (κ3) is 1.51. The zero-order chi connectivity index (χ0) is 12.8. The molecule has 0 N–H and O–H groups in total. The van der Waals surface area contributed by atoms with Crippen LogP contribution in [0.4, 0.5) is 5.69 Å². The predicted molar refractivity (Wildman–Crippen MR) is 77.8 cm³/mol. The average molecular weight is 238 g/mol. The van der Waals surface area contributed by atoms with Crippen molar-refractivity contribution in [1.29, 1.82) is 0 Å². The van der Waals surface area contributed by atoms with Crippen molar-refractivity contribution in [2.75, 3.05) is 14.1 Å². The maximum Gasteiger partial charge on any atom is 0.136 e. The fourth-order valence-electron chi connectivity index (χ4n) is 3.25. The summed E-state index contributed by atoms with van der Waals surface area (Å²) in [7, 11) is 4.62. The lowest BCUT2D eigenvalue weighted by Crippen LogP contribution is -2.46. The van der Waals surface area contributed by atoms with Gasteiger partial charge in [0.2, 0.25) is 0 Å². The van der Waals surface area contributed by atoms with Crippen LogP contribution in [0.5, 0.6) is 0 Å². The highest BCUT2D eigenvalue weighted by Gasteiger charge is 2.45. The summed E-state index contributed by atoms with van der Waals surface area (Å²) in [4.78, 5) is 0. The Bertz CT molecular complexity index is 557. The van der Waals surface area contributed by atoms with E-state index < -0.39 is 0 Å². The molecule has 0 amide bonds. The molecule has 0 bridgehead atoms. The summed E-state index contributed by atoms with van der Waals surface area (Å²) in [5, 5.41) is 0. The second kappa shape index (κ2) is 3.96. The molecule has 1 heterocycles. The van der Waals surface area contributed by atoms with Crippen molar-refractivity contribution in [2.45, 2.75) is 18.9 Å². The fraction of sp³-hybridized carbons (Fsp3) is 0.294. The third-order valence-electron chi connectivity index (χ3n) is 4.55. The van der Waals surface area contributed by atoms with Gasteiger partial charge in [-0.1, -0.05) is 48.5 Å². The van der Waals surface area contributed by atoms with Gasteiger partial charge in [0.1, 0.15) is 11.7 Å². The van der Waals surface area contributed by atoms with Gasteiger partial charge in [0.05, 0.1) is 20.0 Å². The van der Waals surface area contributed by atoms with Crippen molar-refractivity contribution in [3.8, 4) is 0 Å². The van der Waals surface area contributed by atoms with E-state index in [9.17, 15) is 0 Å². The first-order valence-electron chi connectivity index (χ1n) is 6.60. The summed E-state index contributed by atoms with van der Waals surface area (Å²) in [6.07, 6.45) is 0. The Balaban J connectivity index is 2.18. The first-order valence-corrected chi connectivity index (χ1v) is 6.60. The monoisotopic (exact) mass is 238 g/mol. The Labute approximate surface area is 109 Å². The quantitative estimate of drug-likeness (QED) is 0.663. The second-order valence-electron chi connectivity index (χ2n) is 5.73. The number of rotatable bonds is 1. The zero-order valence-electron chi connectivity index (χ0n) is 11.3. The molecule has 2 aromatic carbocycles. The van der Waals surface area contributed by atoms with E-state index in [0.29, 0.717) is 12.0 Å². The summed E-state index contributed by atoms with van der Waals surface area (Å²) < 4.78 is 0.968. The van der Waals surface area contributed by atoms with Gasteiger partial charge in [0, 0.05) is 5.56 Å². The van der Waals surface area contributed by atoms with Gasteiger partial charge in [-0.15, -0.1) is 0 Å². The normalized spacial score (nSPS) is 24.8. The minimum Gasteiger partial charge on any atom is -0.293 e. The van der Waals surface area contributed by atoms with E-state index in [2.05, 4.69) is 75.6 Å². The molecule has 0 fully saturated rings. The van der Waals surface area contributed by atoms with Gasteiger partial charge < -0.3 is 0 Å². The van der Waals surface area contributed by atoms with Crippen molar-refractivity contribution in [3.05, 3.63) is 65.7 Å². The van der Waals surface area contributed by atoms with E-state index in [-0.39, 0.29) is 0 Å². The van der Waals surface area contributed by atoms with Crippen LogP contribution in [0, 0.1) is 0 Å². The summed E-state index contributed by atoms with van der Waals surface area (Å²) >= 11 is 0. The van der Waals surface area contributed by atoms with Crippen LogP contribution in [0.25, 0.3) is 0 Å². The Morgan fingerprint density at radius 2 is 1.44 bits per heavy atom. The molecular weight excluding hydrogens is 218 g/mol. The molecule has 0 spiro atoms. The maximum absolute atomic E-state index is 2.36. The number of fused-ring (bicyclic) bond motifs is 1. The second-order valence-corrected chi connectivity index (χ2v) is 5.73. The minimum absolute atomic E-state index is 0.511. The van der Waals surface area contributed by atoms with Gasteiger partial charge in [0.25, 0.3) is 0 Å². The van der Waals surface area contributed by atoms with E-state index in [0.717, 1.165) is 4.48 Å².